The van der Waals surface area contributed by atoms with Crippen molar-refractivity contribution < 1.29 is 23.1 Å². The van der Waals surface area contributed by atoms with Crippen LogP contribution in [0.3, 0.4) is 0 Å². The number of ether oxygens (including phenoxy) is 1. The Morgan fingerprint density at radius 3 is 1.90 bits per heavy atom. The average molecular weight is 300 g/mol. The summed E-state index contributed by atoms with van der Waals surface area (Å²) in [5.74, 6) is -1.16. The molecule has 0 aromatic heterocycles. The highest BCUT2D eigenvalue weighted by Gasteiger charge is 2.38. The first-order chi connectivity index (χ1) is 9.80. The molecule has 0 bridgehead atoms. The molecule has 0 heterocycles. The Morgan fingerprint density at radius 2 is 1.52 bits per heavy atom. The number of ketones is 1. The third-order valence-corrected chi connectivity index (χ3v) is 2.79. The highest BCUT2D eigenvalue weighted by molar-refractivity contribution is 6.01. The molecule has 0 aliphatic rings. The zero-order valence-corrected chi connectivity index (χ0v) is 13.1. The molecule has 1 rings (SSSR count). The molecule has 21 heavy (non-hydrogen) atoms. The lowest BCUT2D eigenvalue weighted by atomic mass is 9.84. The molecule has 0 aliphatic heterocycles. The summed E-state index contributed by atoms with van der Waals surface area (Å²) in [5.41, 5.74) is -1.31. The minimum Gasteiger partial charge on any atom is -0.462 e. The van der Waals surface area contributed by atoms with Crippen LogP contribution in [-0.4, -0.2) is 24.8 Å². The van der Waals surface area contributed by atoms with Crippen molar-refractivity contribution in [2.24, 2.45) is 5.41 Å². The van der Waals surface area contributed by atoms with Gasteiger partial charge in [0.05, 0.1) is 17.6 Å². The molecule has 0 fully saturated rings. The van der Waals surface area contributed by atoms with E-state index >= 15 is 0 Å². The zero-order valence-electron chi connectivity index (χ0n) is 13.1. The van der Waals surface area contributed by atoms with Gasteiger partial charge < -0.3 is 4.74 Å². The van der Waals surface area contributed by atoms with Gasteiger partial charge in [-0.05, 0) is 32.9 Å². The number of benzene rings is 1. The quantitative estimate of drug-likeness (QED) is 0.599. The van der Waals surface area contributed by atoms with E-state index < -0.39 is 23.6 Å². The lowest BCUT2D eigenvalue weighted by Crippen LogP contribution is -2.32. The Balaban J connectivity index is 0.00000191. The van der Waals surface area contributed by atoms with E-state index in [4.69, 9.17) is 4.74 Å². The molecular formula is C16H22F2O3. The van der Waals surface area contributed by atoms with Crippen LogP contribution in [-0.2, 0) is 4.74 Å². The van der Waals surface area contributed by atoms with Gasteiger partial charge in [0.15, 0.2) is 5.78 Å². The van der Waals surface area contributed by atoms with E-state index in [1.54, 1.807) is 6.92 Å². The molecule has 0 spiro atoms. The lowest BCUT2D eigenvalue weighted by molar-refractivity contribution is 0.0215. The third kappa shape index (κ3) is 4.92. The normalized spacial score (nSPS) is 10.7. The Bertz CT molecular complexity index is 465. The van der Waals surface area contributed by atoms with Crippen molar-refractivity contribution in [2.75, 3.05) is 6.61 Å². The summed E-state index contributed by atoms with van der Waals surface area (Å²) in [6.45, 7) is 8.32. The summed E-state index contributed by atoms with van der Waals surface area (Å²) >= 11 is 0. The van der Waals surface area contributed by atoms with Gasteiger partial charge in [0, 0.05) is 5.56 Å². The van der Waals surface area contributed by atoms with Crippen LogP contribution in [0.2, 0.25) is 0 Å². The first-order valence-corrected chi connectivity index (χ1v) is 6.90. The van der Waals surface area contributed by atoms with Gasteiger partial charge in [-0.2, -0.15) is 0 Å². The van der Waals surface area contributed by atoms with E-state index in [2.05, 4.69) is 0 Å². The van der Waals surface area contributed by atoms with Gasteiger partial charge in [0.2, 0.25) is 0 Å². The Labute approximate surface area is 124 Å². The van der Waals surface area contributed by atoms with Crippen molar-refractivity contribution in [1.29, 1.82) is 0 Å². The van der Waals surface area contributed by atoms with E-state index in [1.165, 1.54) is 38.1 Å². The van der Waals surface area contributed by atoms with Crippen molar-refractivity contribution in [3.63, 3.8) is 0 Å². The van der Waals surface area contributed by atoms with Crippen molar-refractivity contribution in [1.82, 2.24) is 0 Å². The molecule has 0 unspecified atom stereocenters. The standard InChI is InChI=1S/C14H16F2O3.C2H6/c1-4-19-12(18)10-7-5-9(6-8-10)11(17)14(2,3)13(15)16;1-2/h5-8,13H,4H2,1-3H3;1-2H3. The van der Waals surface area contributed by atoms with Crippen LogP contribution < -0.4 is 0 Å². The molecule has 0 atom stereocenters. The molecule has 0 saturated carbocycles. The van der Waals surface area contributed by atoms with Crippen LogP contribution in [0.5, 0.6) is 0 Å². The molecule has 0 saturated heterocycles. The molecule has 5 heteroatoms. The second-order valence-electron chi connectivity index (χ2n) is 4.65. The molecular weight excluding hydrogens is 278 g/mol. The summed E-state index contributed by atoms with van der Waals surface area (Å²) in [4.78, 5) is 23.3. The second kappa shape index (κ2) is 8.49. The summed E-state index contributed by atoms with van der Waals surface area (Å²) in [7, 11) is 0. The zero-order chi connectivity index (χ0) is 16.6. The van der Waals surface area contributed by atoms with Crippen LogP contribution in [0, 0.1) is 5.41 Å². The Morgan fingerprint density at radius 1 is 1.10 bits per heavy atom. The summed E-state index contributed by atoms with van der Waals surface area (Å²) in [6.07, 6.45) is -2.75. The molecule has 0 aliphatic carbocycles. The van der Waals surface area contributed by atoms with Gasteiger partial charge in [-0.25, -0.2) is 13.6 Å². The van der Waals surface area contributed by atoms with Crippen LogP contribution in [0.1, 0.15) is 55.3 Å². The highest BCUT2D eigenvalue weighted by atomic mass is 19.3. The number of carbonyl (C=O) groups excluding carboxylic acids is 2. The maximum Gasteiger partial charge on any atom is 0.338 e. The first-order valence-electron chi connectivity index (χ1n) is 6.90. The average Bonchev–Trinajstić information content (AvgIpc) is 2.48. The molecule has 3 nitrogen and oxygen atoms in total. The number of Topliss-reactive ketones (excluding diaryl/α,β-unsaturated/α-hetero) is 1. The lowest BCUT2D eigenvalue weighted by Gasteiger charge is -2.21. The van der Waals surface area contributed by atoms with E-state index in [0.717, 1.165) is 0 Å². The van der Waals surface area contributed by atoms with Crippen LogP contribution in [0.4, 0.5) is 8.78 Å². The number of rotatable bonds is 5. The van der Waals surface area contributed by atoms with Gasteiger partial charge in [-0.15, -0.1) is 0 Å². The molecule has 0 radical (unpaired) electrons. The van der Waals surface area contributed by atoms with Gasteiger partial charge >= 0.3 is 5.97 Å². The summed E-state index contributed by atoms with van der Waals surface area (Å²) < 4.78 is 30.3. The van der Waals surface area contributed by atoms with Crippen LogP contribution in [0.25, 0.3) is 0 Å². The fourth-order valence-corrected chi connectivity index (χ4v) is 1.44. The molecule has 118 valence electrons. The minimum absolute atomic E-state index is 0.151. The fraction of sp³-hybridized carbons (Fsp3) is 0.500. The number of hydrogen-bond acceptors (Lipinski definition) is 3. The van der Waals surface area contributed by atoms with Crippen LogP contribution in [0.15, 0.2) is 24.3 Å². The first kappa shape index (κ1) is 19.2. The molecule has 1 aromatic rings. The highest BCUT2D eigenvalue weighted by Crippen LogP contribution is 2.29. The van der Waals surface area contributed by atoms with E-state index in [0.29, 0.717) is 0 Å². The number of alkyl halides is 2. The van der Waals surface area contributed by atoms with Crippen molar-refractivity contribution in [3.8, 4) is 0 Å². The Hall–Kier alpha value is -1.78. The topological polar surface area (TPSA) is 43.4 Å². The number of halogens is 2. The predicted molar refractivity (Wildman–Crippen MR) is 77.9 cm³/mol. The van der Waals surface area contributed by atoms with Gasteiger partial charge in [-0.3, -0.25) is 4.79 Å². The number of esters is 1. The van der Waals surface area contributed by atoms with Crippen molar-refractivity contribution >= 4 is 11.8 Å². The summed E-state index contributed by atoms with van der Waals surface area (Å²) in [6, 6.07) is 5.51. The maximum atomic E-state index is 12.8. The van der Waals surface area contributed by atoms with E-state index in [1.807, 2.05) is 13.8 Å². The second-order valence-corrected chi connectivity index (χ2v) is 4.65. The van der Waals surface area contributed by atoms with Crippen molar-refractivity contribution in [3.05, 3.63) is 35.4 Å². The minimum atomic E-state index is -2.75. The van der Waals surface area contributed by atoms with E-state index in [-0.39, 0.29) is 17.7 Å². The Kier molecular flexibility index (Phi) is 7.77. The fourth-order valence-electron chi connectivity index (χ4n) is 1.44. The third-order valence-electron chi connectivity index (χ3n) is 2.79. The number of carbonyl (C=O) groups is 2. The summed E-state index contributed by atoms with van der Waals surface area (Å²) in [5, 5.41) is 0. The van der Waals surface area contributed by atoms with Gasteiger partial charge in [0.25, 0.3) is 6.43 Å². The monoisotopic (exact) mass is 300 g/mol. The maximum absolute atomic E-state index is 12.8. The van der Waals surface area contributed by atoms with Gasteiger partial charge in [-0.1, -0.05) is 26.0 Å². The van der Waals surface area contributed by atoms with Gasteiger partial charge in [0.1, 0.15) is 0 Å². The predicted octanol–water partition coefficient (Wildman–Crippen LogP) is 4.36. The largest absolute Gasteiger partial charge is 0.462 e. The van der Waals surface area contributed by atoms with E-state index in [9.17, 15) is 18.4 Å². The number of hydrogen-bond donors (Lipinski definition) is 0. The SMILES string of the molecule is CC.CCOC(=O)c1ccc(C(=O)C(C)(C)C(F)F)cc1. The molecule has 0 amide bonds. The van der Waals surface area contributed by atoms with Crippen LogP contribution >= 0.6 is 0 Å². The smallest absolute Gasteiger partial charge is 0.338 e. The van der Waals surface area contributed by atoms with Crippen molar-refractivity contribution in [2.45, 2.75) is 41.0 Å². The molecule has 1 aromatic carbocycles. The molecule has 0 N–H and O–H groups in total.